The fourth-order valence-electron chi connectivity index (χ4n) is 1.90. The number of methoxy groups -OCH3 is 1. The lowest BCUT2D eigenvalue weighted by molar-refractivity contribution is 0.0602. The molecule has 4 nitrogen and oxygen atoms in total. The maximum Gasteiger partial charge on any atom is 0.339 e. The van der Waals surface area contributed by atoms with Gasteiger partial charge in [-0.05, 0) is 35.9 Å². The number of nitrogens with zero attached hydrogens (tertiary/aromatic N) is 1. The van der Waals surface area contributed by atoms with Gasteiger partial charge in [0.15, 0.2) is 0 Å². The molecule has 0 bridgehead atoms. The van der Waals surface area contributed by atoms with Gasteiger partial charge < -0.3 is 10.1 Å². The lowest BCUT2D eigenvalue weighted by Gasteiger charge is -2.11. The predicted molar refractivity (Wildman–Crippen MR) is 81.3 cm³/mol. The van der Waals surface area contributed by atoms with E-state index in [1.165, 1.54) is 7.11 Å². The van der Waals surface area contributed by atoms with Crippen LogP contribution in [-0.2, 0) is 11.3 Å². The molecule has 0 radical (unpaired) electrons. The number of benzene rings is 2. The highest BCUT2D eigenvalue weighted by Gasteiger charge is 2.12. The van der Waals surface area contributed by atoms with Gasteiger partial charge in [0.1, 0.15) is 0 Å². The van der Waals surface area contributed by atoms with Crippen LogP contribution in [-0.4, -0.2) is 13.1 Å². The smallest absolute Gasteiger partial charge is 0.339 e. The van der Waals surface area contributed by atoms with E-state index in [1.807, 2.05) is 12.1 Å². The Bertz CT molecular complexity index is 708. The van der Waals surface area contributed by atoms with Crippen molar-refractivity contribution in [2.24, 2.45) is 0 Å². The van der Waals surface area contributed by atoms with E-state index >= 15 is 0 Å². The van der Waals surface area contributed by atoms with Crippen molar-refractivity contribution >= 4 is 23.3 Å². The third-order valence-corrected chi connectivity index (χ3v) is 3.16. The summed E-state index contributed by atoms with van der Waals surface area (Å²) in [6.07, 6.45) is 0. The number of hydrogen-bond donors (Lipinski definition) is 1. The molecule has 0 amide bonds. The molecular formula is C16H13ClN2O2. The van der Waals surface area contributed by atoms with Crippen LogP contribution in [0.3, 0.4) is 0 Å². The summed E-state index contributed by atoms with van der Waals surface area (Å²) in [7, 11) is 1.33. The lowest BCUT2D eigenvalue weighted by Crippen LogP contribution is -2.08. The van der Waals surface area contributed by atoms with Gasteiger partial charge in [-0.3, -0.25) is 0 Å². The number of esters is 1. The number of nitriles is 1. The molecule has 21 heavy (non-hydrogen) atoms. The van der Waals surface area contributed by atoms with Crippen molar-refractivity contribution in [3.05, 3.63) is 64.2 Å². The number of nitrogens with one attached hydrogen (secondary N) is 1. The van der Waals surface area contributed by atoms with Crippen LogP contribution in [0.1, 0.15) is 21.5 Å². The molecule has 2 aromatic rings. The van der Waals surface area contributed by atoms with Gasteiger partial charge in [-0.25, -0.2) is 4.79 Å². The average molecular weight is 301 g/mol. The Balaban J connectivity index is 2.21. The van der Waals surface area contributed by atoms with Gasteiger partial charge in [0.25, 0.3) is 0 Å². The SMILES string of the molecule is COC(=O)c1ccc(Cl)cc1NCc1cccc(C#N)c1. The highest BCUT2D eigenvalue weighted by Crippen LogP contribution is 2.22. The summed E-state index contributed by atoms with van der Waals surface area (Å²) < 4.78 is 4.74. The Hall–Kier alpha value is -2.51. The van der Waals surface area contributed by atoms with Crippen molar-refractivity contribution in [2.75, 3.05) is 12.4 Å². The first kappa shape index (κ1) is 14.9. The third kappa shape index (κ3) is 3.74. The Morgan fingerprint density at radius 1 is 1.33 bits per heavy atom. The van der Waals surface area contributed by atoms with E-state index in [2.05, 4.69) is 11.4 Å². The Labute approximate surface area is 127 Å². The highest BCUT2D eigenvalue weighted by molar-refractivity contribution is 6.31. The van der Waals surface area contributed by atoms with E-state index in [0.717, 1.165) is 5.56 Å². The first-order valence-corrected chi connectivity index (χ1v) is 6.62. The van der Waals surface area contributed by atoms with Gasteiger partial charge in [0.2, 0.25) is 0 Å². The van der Waals surface area contributed by atoms with Gasteiger partial charge in [-0.2, -0.15) is 5.26 Å². The van der Waals surface area contributed by atoms with Crippen molar-refractivity contribution in [3.63, 3.8) is 0 Å². The second-order valence-electron chi connectivity index (χ2n) is 4.35. The molecule has 0 saturated carbocycles. The minimum Gasteiger partial charge on any atom is -0.465 e. The van der Waals surface area contributed by atoms with Crippen molar-refractivity contribution in [1.82, 2.24) is 0 Å². The maximum absolute atomic E-state index is 11.7. The molecule has 0 saturated heterocycles. The quantitative estimate of drug-likeness (QED) is 0.876. The summed E-state index contributed by atoms with van der Waals surface area (Å²) in [5.74, 6) is -0.431. The fraction of sp³-hybridized carbons (Fsp3) is 0.125. The van der Waals surface area contributed by atoms with Crippen LogP contribution in [0.2, 0.25) is 5.02 Å². The maximum atomic E-state index is 11.7. The summed E-state index contributed by atoms with van der Waals surface area (Å²) in [6, 6.07) is 14.2. The highest BCUT2D eigenvalue weighted by atomic mass is 35.5. The Morgan fingerprint density at radius 3 is 2.86 bits per heavy atom. The number of halogens is 1. The van der Waals surface area contributed by atoms with Crippen LogP contribution in [0.25, 0.3) is 0 Å². The third-order valence-electron chi connectivity index (χ3n) is 2.93. The topological polar surface area (TPSA) is 62.1 Å². The molecule has 2 aromatic carbocycles. The molecule has 106 valence electrons. The molecule has 0 unspecified atom stereocenters. The summed E-state index contributed by atoms with van der Waals surface area (Å²) in [4.78, 5) is 11.7. The summed E-state index contributed by atoms with van der Waals surface area (Å²) in [6.45, 7) is 0.472. The van der Waals surface area contributed by atoms with Gasteiger partial charge in [0.05, 0.1) is 30.0 Å². The zero-order chi connectivity index (χ0) is 15.2. The van der Waals surface area contributed by atoms with Crippen LogP contribution in [0.5, 0.6) is 0 Å². The van der Waals surface area contributed by atoms with Gasteiger partial charge in [0, 0.05) is 11.6 Å². The van der Waals surface area contributed by atoms with Crippen molar-refractivity contribution in [1.29, 1.82) is 5.26 Å². The first-order valence-electron chi connectivity index (χ1n) is 6.25. The number of carbonyl (C=O) groups excluding carboxylic acids is 1. The first-order chi connectivity index (χ1) is 10.1. The van der Waals surface area contributed by atoms with Gasteiger partial charge in [-0.15, -0.1) is 0 Å². The van der Waals surface area contributed by atoms with Crippen LogP contribution >= 0.6 is 11.6 Å². The minimum atomic E-state index is -0.431. The zero-order valence-corrected chi connectivity index (χ0v) is 12.1. The van der Waals surface area contributed by atoms with E-state index in [0.29, 0.717) is 28.4 Å². The minimum absolute atomic E-state index is 0.415. The van der Waals surface area contributed by atoms with E-state index in [4.69, 9.17) is 21.6 Å². The molecule has 1 N–H and O–H groups in total. The number of ether oxygens (including phenoxy) is 1. The van der Waals surface area contributed by atoms with Crippen LogP contribution < -0.4 is 5.32 Å². The molecular weight excluding hydrogens is 288 g/mol. The van der Waals surface area contributed by atoms with Crippen molar-refractivity contribution in [2.45, 2.75) is 6.54 Å². The van der Waals surface area contributed by atoms with E-state index < -0.39 is 5.97 Å². The normalized spacial score (nSPS) is 9.76. The number of hydrogen-bond acceptors (Lipinski definition) is 4. The van der Waals surface area contributed by atoms with Gasteiger partial charge in [-0.1, -0.05) is 23.7 Å². The molecule has 0 fully saturated rings. The molecule has 0 atom stereocenters. The van der Waals surface area contributed by atoms with E-state index in [-0.39, 0.29) is 0 Å². The average Bonchev–Trinajstić information content (AvgIpc) is 2.52. The number of anilines is 1. The second kappa shape index (κ2) is 6.78. The predicted octanol–water partition coefficient (Wildman–Crippen LogP) is 3.61. The largest absolute Gasteiger partial charge is 0.465 e. The standard InChI is InChI=1S/C16H13ClN2O2/c1-21-16(20)14-6-5-13(17)8-15(14)19-10-12-4-2-3-11(7-12)9-18/h2-8,19H,10H2,1H3. The molecule has 0 aromatic heterocycles. The molecule has 2 rings (SSSR count). The monoisotopic (exact) mass is 300 g/mol. The molecule has 5 heteroatoms. The second-order valence-corrected chi connectivity index (χ2v) is 4.78. The van der Waals surface area contributed by atoms with Crippen molar-refractivity contribution < 1.29 is 9.53 Å². The van der Waals surface area contributed by atoms with E-state index in [9.17, 15) is 4.79 Å². The molecule has 0 aliphatic heterocycles. The summed E-state index contributed by atoms with van der Waals surface area (Å²) in [5.41, 5.74) is 2.54. The molecule has 0 spiro atoms. The Kier molecular flexibility index (Phi) is 4.81. The molecule has 0 aliphatic rings. The van der Waals surface area contributed by atoms with Crippen LogP contribution in [0.4, 0.5) is 5.69 Å². The van der Waals surface area contributed by atoms with Gasteiger partial charge >= 0.3 is 5.97 Å². The molecule has 0 heterocycles. The summed E-state index contributed by atoms with van der Waals surface area (Å²) in [5, 5.41) is 12.5. The van der Waals surface area contributed by atoms with E-state index in [1.54, 1.807) is 30.3 Å². The number of carbonyl (C=O) groups is 1. The fourth-order valence-corrected chi connectivity index (χ4v) is 2.07. The van der Waals surface area contributed by atoms with Crippen molar-refractivity contribution in [3.8, 4) is 6.07 Å². The Morgan fingerprint density at radius 2 is 2.14 bits per heavy atom. The lowest BCUT2D eigenvalue weighted by atomic mass is 10.1. The molecule has 0 aliphatic carbocycles. The number of rotatable bonds is 4. The van der Waals surface area contributed by atoms with Crippen LogP contribution in [0, 0.1) is 11.3 Å². The summed E-state index contributed by atoms with van der Waals surface area (Å²) >= 11 is 5.96. The zero-order valence-electron chi connectivity index (χ0n) is 11.4. The van der Waals surface area contributed by atoms with Crippen LogP contribution in [0.15, 0.2) is 42.5 Å².